The number of para-hydroxylation sites is 2. The molecule has 7 rings (SSSR count). The van der Waals surface area contributed by atoms with Crippen molar-refractivity contribution in [2.75, 3.05) is 0 Å². The lowest BCUT2D eigenvalue weighted by Gasteiger charge is -2.09. The van der Waals surface area contributed by atoms with Crippen molar-refractivity contribution >= 4 is 43.7 Å². The summed E-state index contributed by atoms with van der Waals surface area (Å²) in [4.78, 5) is 0. The zero-order chi connectivity index (χ0) is 21.1. The van der Waals surface area contributed by atoms with E-state index in [0.29, 0.717) is 0 Å². The van der Waals surface area contributed by atoms with Crippen LogP contribution in [-0.4, -0.2) is 4.57 Å². The molecule has 2 heteroatoms. The molecule has 0 aliphatic heterocycles. The highest BCUT2D eigenvalue weighted by Crippen LogP contribution is 2.36. The highest BCUT2D eigenvalue weighted by molar-refractivity contribution is 6.11. The molecule has 32 heavy (non-hydrogen) atoms. The number of hydrogen-bond acceptors (Lipinski definition) is 1. The van der Waals surface area contributed by atoms with Gasteiger partial charge in [0.15, 0.2) is 0 Å². The first-order valence-electron chi connectivity index (χ1n) is 10.9. The van der Waals surface area contributed by atoms with Crippen molar-refractivity contribution in [2.24, 2.45) is 0 Å². The normalized spacial score (nSPS) is 11.8. The fourth-order valence-corrected chi connectivity index (χ4v) is 4.91. The van der Waals surface area contributed by atoms with Crippen LogP contribution in [0.3, 0.4) is 0 Å². The maximum absolute atomic E-state index is 6.07. The average Bonchev–Trinajstić information content (AvgIpc) is 3.39. The molecular weight excluding hydrogens is 390 g/mol. The SMILES string of the molecule is c1ccc(-c2ccc3c4ccccc4n(-c4ccc5oc6ccccc6c5c4)c3c2)cc1. The van der Waals surface area contributed by atoms with E-state index in [9.17, 15) is 0 Å². The minimum Gasteiger partial charge on any atom is -0.456 e. The highest BCUT2D eigenvalue weighted by Gasteiger charge is 2.15. The zero-order valence-electron chi connectivity index (χ0n) is 17.3. The smallest absolute Gasteiger partial charge is 0.135 e. The first-order valence-corrected chi connectivity index (χ1v) is 10.9. The molecule has 2 nitrogen and oxygen atoms in total. The standard InChI is InChI=1S/C30H19NO/c1-2-8-20(9-3-1)21-14-16-24-23-10-4-6-12-27(23)31(28(24)18-21)22-15-17-30-26(19-22)25-11-5-7-13-29(25)32-30/h1-19H. The molecule has 0 spiro atoms. The Morgan fingerprint density at radius 3 is 2.06 bits per heavy atom. The maximum Gasteiger partial charge on any atom is 0.135 e. The average molecular weight is 409 g/mol. The van der Waals surface area contributed by atoms with Crippen LogP contribution in [0.4, 0.5) is 0 Å². The zero-order valence-corrected chi connectivity index (χ0v) is 17.3. The molecule has 7 aromatic rings. The Balaban J connectivity index is 1.56. The minimum absolute atomic E-state index is 0.917. The molecule has 2 aromatic heterocycles. The third kappa shape index (κ3) is 2.47. The Bertz CT molecular complexity index is 1770. The van der Waals surface area contributed by atoms with Gasteiger partial charge in [0.2, 0.25) is 0 Å². The summed E-state index contributed by atoms with van der Waals surface area (Å²) in [6.45, 7) is 0. The molecule has 0 saturated heterocycles. The van der Waals surface area contributed by atoms with E-state index >= 15 is 0 Å². The summed E-state index contributed by atoms with van der Waals surface area (Å²) in [6.07, 6.45) is 0. The van der Waals surface area contributed by atoms with Crippen molar-refractivity contribution < 1.29 is 4.42 Å². The first-order chi connectivity index (χ1) is 15.9. The molecule has 0 aliphatic carbocycles. The number of nitrogens with zero attached hydrogens (tertiary/aromatic N) is 1. The molecule has 0 bridgehead atoms. The van der Waals surface area contributed by atoms with Gasteiger partial charge < -0.3 is 8.98 Å². The molecule has 0 aliphatic rings. The fraction of sp³-hybridized carbons (Fsp3) is 0. The van der Waals surface area contributed by atoms with Crippen LogP contribution in [0, 0.1) is 0 Å². The van der Waals surface area contributed by atoms with Crippen molar-refractivity contribution in [3.05, 3.63) is 115 Å². The summed E-state index contributed by atoms with van der Waals surface area (Å²) in [5.41, 5.74) is 7.84. The quantitative estimate of drug-likeness (QED) is 0.280. The molecule has 5 aromatic carbocycles. The summed E-state index contributed by atoms with van der Waals surface area (Å²) in [5, 5.41) is 4.81. The third-order valence-electron chi connectivity index (χ3n) is 6.40. The number of furan rings is 1. The van der Waals surface area contributed by atoms with Crippen molar-refractivity contribution in [1.82, 2.24) is 4.57 Å². The fourth-order valence-electron chi connectivity index (χ4n) is 4.91. The van der Waals surface area contributed by atoms with E-state index in [2.05, 4.69) is 108 Å². The lowest BCUT2D eigenvalue weighted by Crippen LogP contribution is -1.93. The predicted octanol–water partition coefficient (Wildman–Crippen LogP) is 8.35. The van der Waals surface area contributed by atoms with Crippen LogP contribution < -0.4 is 0 Å². The summed E-state index contributed by atoms with van der Waals surface area (Å²) in [5.74, 6) is 0. The summed E-state index contributed by atoms with van der Waals surface area (Å²) >= 11 is 0. The van der Waals surface area contributed by atoms with E-state index in [4.69, 9.17) is 4.42 Å². The Morgan fingerprint density at radius 1 is 0.438 bits per heavy atom. The number of benzene rings is 5. The van der Waals surface area contributed by atoms with Gasteiger partial charge in [-0.05, 0) is 47.5 Å². The third-order valence-corrected chi connectivity index (χ3v) is 6.40. The van der Waals surface area contributed by atoms with Gasteiger partial charge in [-0.3, -0.25) is 0 Å². The second kappa shape index (κ2) is 6.60. The predicted molar refractivity (Wildman–Crippen MR) is 133 cm³/mol. The molecule has 0 atom stereocenters. The number of aromatic nitrogens is 1. The van der Waals surface area contributed by atoms with Gasteiger partial charge in [0, 0.05) is 27.2 Å². The molecule has 0 radical (unpaired) electrons. The van der Waals surface area contributed by atoms with Crippen molar-refractivity contribution in [2.45, 2.75) is 0 Å². The highest BCUT2D eigenvalue weighted by atomic mass is 16.3. The summed E-state index contributed by atoms with van der Waals surface area (Å²) < 4.78 is 8.44. The molecule has 150 valence electrons. The van der Waals surface area contributed by atoms with E-state index < -0.39 is 0 Å². The van der Waals surface area contributed by atoms with E-state index in [1.165, 1.54) is 32.9 Å². The van der Waals surface area contributed by atoms with Gasteiger partial charge in [-0.15, -0.1) is 0 Å². The lowest BCUT2D eigenvalue weighted by molar-refractivity contribution is 0.669. The monoisotopic (exact) mass is 409 g/mol. The van der Waals surface area contributed by atoms with Gasteiger partial charge in [-0.25, -0.2) is 0 Å². The van der Waals surface area contributed by atoms with Gasteiger partial charge in [0.1, 0.15) is 11.2 Å². The summed E-state index contributed by atoms with van der Waals surface area (Å²) in [7, 11) is 0. The largest absolute Gasteiger partial charge is 0.456 e. The Labute approximate surface area is 184 Å². The van der Waals surface area contributed by atoms with Crippen LogP contribution in [-0.2, 0) is 0 Å². The van der Waals surface area contributed by atoms with E-state index in [1.807, 2.05) is 12.1 Å². The van der Waals surface area contributed by atoms with Crippen molar-refractivity contribution in [1.29, 1.82) is 0 Å². The molecule has 0 fully saturated rings. The molecule has 2 heterocycles. The topological polar surface area (TPSA) is 18.1 Å². The van der Waals surface area contributed by atoms with Gasteiger partial charge >= 0.3 is 0 Å². The Hall–Kier alpha value is -4.30. The van der Waals surface area contributed by atoms with Gasteiger partial charge in [-0.1, -0.05) is 78.9 Å². The van der Waals surface area contributed by atoms with Gasteiger partial charge in [-0.2, -0.15) is 0 Å². The van der Waals surface area contributed by atoms with Crippen LogP contribution in [0.2, 0.25) is 0 Å². The lowest BCUT2D eigenvalue weighted by atomic mass is 10.0. The van der Waals surface area contributed by atoms with Gasteiger partial charge in [0.25, 0.3) is 0 Å². The number of rotatable bonds is 2. The number of hydrogen-bond donors (Lipinski definition) is 0. The molecule has 0 unspecified atom stereocenters. The molecule has 0 N–H and O–H groups in total. The minimum atomic E-state index is 0.917. The summed E-state index contributed by atoms with van der Waals surface area (Å²) in [6, 6.07) is 40.7. The number of fused-ring (bicyclic) bond motifs is 6. The van der Waals surface area contributed by atoms with E-state index in [0.717, 1.165) is 27.6 Å². The van der Waals surface area contributed by atoms with Crippen LogP contribution in [0.5, 0.6) is 0 Å². The maximum atomic E-state index is 6.07. The second-order valence-electron chi connectivity index (χ2n) is 8.23. The van der Waals surface area contributed by atoms with Crippen LogP contribution in [0.1, 0.15) is 0 Å². The van der Waals surface area contributed by atoms with Gasteiger partial charge in [0.05, 0.1) is 11.0 Å². The van der Waals surface area contributed by atoms with Crippen LogP contribution in [0.15, 0.2) is 120 Å². The Kier molecular flexibility index (Phi) is 3.58. The molecular formula is C30H19NO. The van der Waals surface area contributed by atoms with Crippen LogP contribution in [0.25, 0.3) is 60.6 Å². The van der Waals surface area contributed by atoms with Crippen molar-refractivity contribution in [3.8, 4) is 16.8 Å². The molecule has 0 amide bonds. The van der Waals surface area contributed by atoms with Crippen molar-refractivity contribution in [3.63, 3.8) is 0 Å². The second-order valence-corrected chi connectivity index (χ2v) is 8.23. The van der Waals surface area contributed by atoms with E-state index in [1.54, 1.807) is 0 Å². The van der Waals surface area contributed by atoms with Crippen LogP contribution >= 0.6 is 0 Å². The Morgan fingerprint density at radius 2 is 1.16 bits per heavy atom. The molecule has 0 saturated carbocycles. The van der Waals surface area contributed by atoms with E-state index in [-0.39, 0.29) is 0 Å². The first kappa shape index (κ1) is 17.4.